The fourth-order valence-corrected chi connectivity index (χ4v) is 5.97. The number of nitrogens with zero attached hydrogens (tertiary/aromatic N) is 3. The first-order valence-corrected chi connectivity index (χ1v) is 13.3. The zero-order valence-corrected chi connectivity index (χ0v) is 22.3. The van der Waals surface area contributed by atoms with Gasteiger partial charge in [0.15, 0.2) is 0 Å². The molecule has 0 atom stereocenters. The maximum Gasteiger partial charge on any atom is 0.147 e. The van der Waals surface area contributed by atoms with Gasteiger partial charge in [-0.05, 0) is 62.1 Å². The third-order valence-electron chi connectivity index (χ3n) is 8.13. The van der Waals surface area contributed by atoms with Crippen LogP contribution in [0.4, 0.5) is 8.78 Å². The Bertz CT molecular complexity index is 1640. The molecular weight excluding hydrogens is 478 g/mol. The SMILES string of the molecule is CCc1cccc(CC)c1-n1nc2c(c1-c1ccc(F)c3[nH]ccc13)CN(Cc1ccccc1F)C2(C)C. The van der Waals surface area contributed by atoms with Crippen molar-refractivity contribution >= 4 is 10.9 Å². The number of H-pyrrole nitrogens is 1. The van der Waals surface area contributed by atoms with Crippen LogP contribution in [-0.4, -0.2) is 19.7 Å². The molecule has 1 N–H and O–H groups in total. The molecular formula is C32H32F2N4. The normalized spacial score (nSPS) is 14.9. The molecule has 0 spiro atoms. The molecule has 0 unspecified atom stereocenters. The molecule has 6 rings (SSSR count). The lowest BCUT2D eigenvalue weighted by Crippen LogP contribution is -2.36. The summed E-state index contributed by atoms with van der Waals surface area (Å²) in [4.78, 5) is 5.35. The van der Waals surface area contributed by atoms with Crippen molar-refractivity contribution in [3.63, 3.8) is 0 Å². The highest BCUT2D eigenvalue weighted by atomic mass is 19.1. The molecule has 6 heteroatoms. The van der Waals surface area contributed by atoms with E-state index in [4.69, 9.17) is 5.10 Å². The number of para-hydroxylation sites is 1. The van der Waals surface area contributed by atoms with Crippen molar-refractivity contribution in [3.8, 4) is 16.9 Å². The van der Waals surface area contributed by atoms with Gasteiger partial charge in [-0.1, -0.05) is 50.2 Å². The number of benzene rings is 3. The second-order valence-electron chi connectivity index (χ2n) is 10.6. The van der Waals surface area contributed by atoms with Gasteiger partial charge in [-0.15, -0.1) is 0 Å². The minimum atomic E-state index is -0.428. The summed E-state index contributed by atoms with van der Waals surface area (Å²) in [5.74, 6) is -0.476. The van der Waals surface area contributed by atoms with Gasteiger partial charge in [-0.3, -0.25) is 4.90 Å². The standard InChI is InChI=1S/C32H32F2N4/c1-5-20-11-9-12-21(6-2)29(20)38-30(24-14-15-27(34)28-23(24)16-17-35-28)25-19-37(32(3,4)31(25)36-38)18-22-10-7-8-13-26(22)33/h7-17,35H,5-6,18-19H2,1-4H3. The quantitative estimate of drug-likeness (QED) is 0.254. The minimum absolute atomic E-state index is 0.199. The molecule has 0 radical (unpaired) electrons. The molecule has 194 valence electrons. The number of aryl methyl sites for hydroxylation is 2. The molecule has 0 amide bonds. The van der Waals surface area contributed by atoms with E-state index in [1.165, 1.54) is 23.3 Å². The molecule has 4 nitrogen and oxygen atoms in total. The van der Waals surface area contributed by atoms with E-state index in [2.05, 4.69) is 60.5 Å². The van der Waals surface area contributed by atoms with E-state index >= 15 is 0 Å². The van der Waals surface area contributed by atoms with Gasteiger partial charge in [-0.2, -0.15) is 5.10 Å². The lowest BCUT2D eigenvalue weighted by atomic mass is 9.97. The van der Waals surface area contributed by atoms with Gasteiger partial charge in [0.1, 0.15) is 11.6 Å². The summed E-state index contributed by atoms with van der Waals surface area (Å²) in [6.07, 6.45) is 3.53. The molecule has 3 heterocycles. The van der Waals surface area contributed by atoms with E-state index in [0.717, 1.165) is 46.4 Å². The van der Waals surface area contributed by atoms with Crippen molar-refractivity contribution in [2.24, 2.45) is 0 Å². The number of hydrogen-bond acceptors (Lipinski definition) is 2. The molecule has 5 aromatic rings. The highest BCUT2D eigenvalue weighted by molar-refractivity contribution is 5.96. The summed E-state index contributed by atoms with van der Waals surface area (Å²) in [6, 6.07) is 18.7. The molecule has 1 aliphatic rings. The number of hydrogen-bond donors (Lipinski definition) is 1. The first kappa shape index (κ1) is 24.6. The van der Waals surface area contributed by atoms with Crippen molar-refractivity contribution in [1.29, 1.82) is 0 Å². The lowest BCUT2D eigenvalue weighted by molar-refractivity contribution is 0.121. The summed E-state index contributed by atoms with van der Waals surface area (Å²) in [5.41, 5.74) is 8.27. The van der Waals surface area contributed by atoms with Crippen molar-refractivity contribution in [3.05, 3.63) is 106 Å². The number of aromatic amines is 1. The van der Waals surface area contributed by atoms with E-state index in [1.807, 2.05) is 24.3 Å². The topological polar surface area (TPSA) is 36.9 Å². The third kappa shape index (κ3) is 3.70. The Morgan fingerprint density at radius 1 is 0.868 bits per heavy atom. The van der Waals surface area contributed by atoms with Gasteiger partial charge in [0.2, 0.25) is 0 Å². The predicted molar refractivity (Wildman–Crippen MR) is 148 cm³/mol. The molecule has 0 saturated carbocycles. The Labute approximate surface area is 221 Å². The van der Waals surface area contributed by atoms with Crippen molar-refractivity contribution < 1.29 is 8.78 Å². The summed E-state index contributed by atoms with van der Waals surface area (Å²) < 4.78 is 31.5. The van der Waals surface area contributed by atoms with E-state index in [1.54, 1.807) is 12.3 Å². The minimum Gasteiger partial charge on any atom is -0.359 e. The van der Waals surface area contributed by atoms with Crippen LogP contribution in [0.1, 0.15) is 55.6 Å². The van der Waals surface area contributed by atoms with Gasteiger partial charge in [0.05, 0.1) is 28.1 Å². The van der Waals surface area contributed by atoms with Gasteiger partial charge in [0, 0.05) is 41.4 Å². The number of aromatic nitrogens is 3. The van der Waals surface area contributed by atoms with E-state index in [-0.39, 0.29) is 11.6 Å². The fraction of sp³-hybridized carbons (Fsp3) is 0.281. The maximum atomic E-state index is 14.7. The zero-order valence-electron chi connectivity index (χ0n) is 22.3. The van der Waals surface area contributed by atoms with E-state index < -0.39 is 5.54 Å². The van der Waals surface area contributed by atoms with Crippen molar-refractivity contribution in [2.75, 3.05) is 0 Å². The maximum absolute atomic E-state index is 14.7. The van der Waals surface area contributed by atoms with Crippen LogP contribution in [0.25, 0.3) is 27.8 Å². The Balaban J connectivity index is 1.60. The molecule has 0 aliphatic carbocycles. The zero-order chi connectivity index (χ0) is 26.6. The molecule has 1 aliphatic heterocycles. The van der Waals surface area contributed by atoms with E-state index in [9.17, 15) is 8.78 Å². The Morgan fingerprint density at radius 3 is 2.29 bits per heavy atom. The fourth-order valence-electron chi connectivity index (χ4n) is 5.97. The summed E-state index contributed by atoms with van der Waals surface area (Å²) in [6.45, 7) is 9.73. The van der Waals surface area contributed by atoms with Gasteiger partial charge >= 0.3 is 0 Å². The first-order chi connectivity index (χ1) is 18.3. The highest BCUT2D eigenvalue weighted by Crippen LogP contribution is 2.46. The Kier molecular flexibility index (Phi) is 5.95. The summed E-state index contributed by atoms with van der Waals surface area (Å²) >= 11 is 0. The van der Waals surface area contributed by atoms with Crippen molar-refractivity contribution in [2.45, 2.75) is 59.2 Å². The number of nitrogens with one attached hydrogen (secondary N) is 1. The lowest BCUT2D eigenvalue weighted by Gasteiger charge is -2.32. The van der Waals surface area contributed by atoms with Gasteiger partial charge in [0.25, 0.3) is 0 Å². The molecule has 2 aromatic heterocycles. The van der Waals surface area contributed by atoms with Crippen LogP contribution >= 0.6 is 0 Å². The monoisotopic (exact) mass is 510 g/mol. The second kappa shape index (κ2) is 9.21. The molecule has 0 saturated heterocycles. The van der Waals surface area contributed by atoms with Crippen molar-refractivity contribution in [1.82, 2.24) is 19.7 Å². The summed E-state index contributed by atoms with van der Waals surface area (Å²) in [7, 11) is 0. The van der Waals surface area contributed by atoms with Crippen LogP contribution in [0.15, 0.2) is 66.9 Å². The van der Waals surface area contributed by atoms with Crippen LogP contribution < -0.4 is 0 Å². The number of halogens is 2. The van der Waals surface area contributed by atoms with Gasteiger partial charge in [-0.25, -0.2) is 13.5 Å². The third-order valence-corrected chi connectivity index (χ3v) is 8.13. The molecule has 3 aromatic carbocycles. The highest BCUT2D eigenvalue weighted by Gasteiger charge is 2.43. The predicted octanol–water partition coefficient (Wildman–Crippen LogP) is 7.67. The second-order valence-corrected chi connectivity index (χ2v) is 10.6. The Morgan fingerprint density at radius 2 is 1.58 bits per heavy atom. The van der Waals surface area contributed by atoms with Crippen LogP contribution in [-0.2, 0) is 31.5 Å². The average Bonchev–Trinajstić information content (AvgIpc) is 3.61. The van der Waals surface area contributed by atoms with Gasteiger partial charge < -0.3 is 4.98 Å². The molecule has 0 bridgehead atoms. The number of rotatable bonds is 6. The van der Waals surface area contributed by atoms with Crippen LogP contribution in [0.2, 0.25) is 0 Å². The van der Waals surface area contributed by atoms with E-state index in [0.29, 0.717) is 24.2 Å². The van der Waals surface area contributed by atoms with Crippen LogP contribution in [0.5, 0.6) is 0 Å². The molecule has 0 fully saturated rings. The smallest absolute Gasteiger partial charge is 0.147 e. The number of fused-ring (bicyclic) bond motifs is 2. The average molecular weight is 511 g/mol. The Hall–Kier alpha value is -3.77. The summed E-state index contributed by atoms with van der Waals surface area (Å²) in [5, 5.41) is 6.14. The first-order valence-electron chi connectivity index (χ1n) is 13.3. The van der Waals surface area contributed by atoms with Crippen LogP contribution in [0, 0.1) is 11.6 Å². The molecule has 38 heavy (non-hydrogen) atoms. The largest absolute Gasteiger partial charge is 0.359 e. The van der Waals surface area contributed by atoms with Crippen LogP contribution in [0.3, 0.4) is 0 Å².